The van der Waals surface area contributed by atoms with Crippen molar-refractivity contribution in [2.24, 2.45) is 0 Å². The first-order chi connectivity index (χ1) is 12.3. The third kappa shape index (κ3) is 3.66. The van der Waals surface area contributed by atoms with E-state index in [-0.39, 0.29) is 0 Å². The number of aromatic nitrogens is 3. The van der Waals surface area contributed by atoms with E-state index in [1.165, 1.54) is 43.4 Å². The van der Waals surface area contributed by atoms with Crippen LogP contribution in [0.25, 0.3) is 0 Å². The highest BCUT2D eigenvalue weighted by Gasteiger charge is 2.25. The summed E-state index contributed by atoms with van der Waals surface area (Å²) < 4.78 is 0. The Morgan fingerprint density at radius 3 is 2.88 bits per heavy atom. The molecule has 0 amide bonds. The molecule has 4 rings (SSSR count). The Balaban J connectivity index is 1.49. The minimum Gasteiger partial charge on any atom is -0.357 e. The summed E-state index contributed by atoms with van der Waals surface area (Å²) in [5.74, 6) is 1.08. The Morgan fingerprint density at radius 2 is 2.00 bits per heavy atom. The maximum absolute atomic E-state index is 4.67. The summed E-state index contributed by atoms with van der Waals surface area (Å²) >= 11 is 0. The Hall–Kier alpha value is -2.01. The largest absolute Gasteiger partial charge is 0.357 e. The van der Waals surface area contributed by atoms with E-state index in [4.69, 9.17) is 0 Å². The van der Waals surface area contributed by atoms with Gasteiger partial charge in [0.25, 0.3) is 0 Å². The van der Waals surface area contributed by atoms with Crippen LogP contribution in [0.3, 0.4) is 0 Å². The zero-order valence-corrected chi connectivity index (χ0v) is 15.1. The molecule has 2 aromatic rings. The van der Waals surface area contributed by atoms with Crippen LogP contribution in [0, 0.1) is 0 Å². The lowest BCUT2D eigenvalue weighted by Gasteiger charge is -2.32. The van der Waals surface area contributed by atoms with Crippen LogP contribution >= 0.6 is 0 Å². The molecular weight excluding hydrogens is 310 g/mol. The molecule has 132 valence electrons. The van der Waals surface area contributed by atoms with Gasteiger partial charge in [0.15, 0.2) is 0 Å². The highest BCUT2D eigenvalue weighted by molar-refractivity contribution is 5.39. The Labute approximate surface area is 150 Å². The number of fused-ring (bicyclic) bond motifs is 1. The van der Waals surface area contributed by atoms with Gasteiger partial charge in [-0.25, -0.2) is 9.97 Å². The third-order valence-corrected chi connectivity index (χ3v) is 5.50. The zero-order chi connectivity index (χ0) is 17.1. The van der Waals surface area contributed by atoms with Gasteiger partial charge in [0.2, 0.25) is 0 Å². The molecule has 1 unspecified atom stereocenters. The second kappa shape index (κ2) is 7.48. The van der Waals surface area contributed by atoms with E-state index in [2.05, 4.69) is 50.0 Å². The molecule has 1 atom stereocenters. The van der Waals surface area contributed by atoms with Crippen molar-refractivity contribution in [3.63, 3.8) is 0 Å². The molecule has 0 N–H and O–H groups in total. The molecule has 1 fully saturated rings. The van der Waals surface area contributed by atoms with E-state index in [1.807, 2.05) is 6.20 Å². The lowest BCUT2D eigenvalue weighted by atomic mass is 9.91. The van der Waals surface area contributed by atoms with Crippen LogP contribution in [0.1, 0.15) is 55.1 Å². The Bertz CT molecular complexity index is 711. The first-order valence-corrected chi connectivity index (χ1v) is 9.51. The van der Waals surface area contributed by atoms with Gasteiger partial charge < -0.3 is 4.90 Å². The average Bonchev–Trinajstić information content (AvgIpc) is 2.68. The smallest absolute Gasteiger partial charge is 0.132 e. The molecule has 2 aromatic heterocycles. The number of nitrogens with zero attached hydrogens (tertiary/aromatic N) is 5. The van der Waals surface area contributed by atoms with Gasteiger partial charge >= 0.3 is 0 Å². The molecule has 3 heterocycles. The standard InChI is InChI=1S/C20H27N5/c1-24(18-9-5-7-16-8-6-10-21-20(16)18)14-17-13-19(23-15-22-17)25-11-3-2-4-12-25/h6,8,10,13,15,18H,2-5,7,9,11-12,14H2,1H3. The summed E-state index contributed by atoms with van der Waals surface area (Å²) in [6, 6.07) is 6.83. The predicted molar refractivity (Wildman–Crippen MR) is 99.5 cm³/mol. The number of anilines is 1. The summed E-state index contributed by atoms with van der Waals surface area (Å²) in [7, 11) is 2.19. The molecule has 0 radical (unpaired) electrons. The van der Waals surface area contributed by atoms with Crippen molar-refractivity contribution in [1.82, 2.24) is 19.9 Å². The molecule has 0 aromatic carbocycles. The number of aryl methyl sites for hydroxylation is 1. The van der Waals surface area contributed by atoms with Crippen LogP contribution in [0.4, 0.5) is 5.82 Å². The van der Waals surface area contributed by atoms with E-state index in [1.54, 1.807) is 6.33 Å². The van der Waals surface area contributed by atoms with Crippen molar-refractivity contribution < 1.29 is 0 Å². The summed E-state index contributed by atoms with van der Waals surface area (Å²) in [6.07, 6.45) is 11.1. The molecule has 1 aliphatic heterocycles. The van der Waals surface area contributed by atoms with E-state index >= 15 is 0 Å². The first-order valence-electron chi connectivity index (χ1n) is 9.51. The van der Waals surface area contributed by atoms with Gasteiger partial charge in [-0.15, -0.1) is 0 Å². The van der Waals surface area contributed by atoms with Gasteiger partial charge in [0.1, 0.15) is 12.1 Å². The molecule has 1 aliphatic carbocycles. The minimum absolute atomic E-state index is 0.387. The van der Waals surface area contributed by atoms with E-state index < -0.39 is 0 Å². The summed E-state index contributed by atoms with van der Waals surface area (Å²) in [4.78, 5) is 18.5. The van der Waals surface area contributed by atoms with E-state index in [9.17, 15) is 0 Å². The van der Waals surface area contributed by atoms with Crippen LogP contribution in [-0.2, 0) is 13.0 Å². The summed E-state index contributed by atoms with van der Waals surface area (Å²) in [5, 5.41) is 0. The van der Waals surface area contributed by atoms with Crippen LogP contribution in [-0.4, -0.2) is 40.0 Å². The van der Waals surface area contributed by atoms with Crippen LogP contribution in [0.2, 0.25) is 0 Å². The monoisotopic (exact) mass is 337 g/mol. The number of hydrogen-bond donors (Lipinski definition) is 0. The molecule has 25 heavy (non-hydrogen) atoms. The van der Waals surface area contributed by atoms with Gasteiger partial charge in [0, 0.05) is 31.9 Å². The normalized spacial score (nSPS) is 20.6. The Kier molecular flexibility index (Phi) is 4.92. The number of rotatable bonds is 4. The third-order valence-electron chi connectivity index (χ3n) is 5.50. The molecular formula is C20H27N5. The van der Waals surface area contributed by atoms with Crippen molar-refractivity contribution in [2.45, 2.75) is 51.1 Å². The van der Waals surface area contributed by atoms with Crippen LogP contribution in [0.15, 0.2) is 30.7 Å². The van der Waals surface area contributed by atoms with E-state index in [0.717, 1.165) is 37.6 Å². The number of hydrogen-bond acceptors (Lipinski definition) is 5. The quantitative estimate of drug-likeness (QED) is 0.856. The zero-order valence-electron chi connectivity index (χ0n) is 15.1. The Morgan fingerprint density at radius 1 is 1.12 bits per heavy atom. The second-order valence-corrected chi connectivity index (χ2v) is 7.29. The lowest BCUT2D eigenvalue weighted by Crippen LogP contribution is -2.31. The van der Waals surface area contributed by atoms with Crippen molar-refractivity contribution >= 4 is 5.82 Å². The van der Waals surface area contributed by atoms with E-state index in [0.29, 0.717) is 6.04 Å². The molecule has 2 aliphatic rings. The molecule has 5 nitrogen and oxygen atoms in total. The predicted octanol–water partition coefficient (Wildman–Crippen LogP) is 3.37. The van der Waals surface area contributed by atoms with Crippen LogP contribution in [0.5, 0.6) is 0 Å². The van der Waals surface area contributed by atoms with Crippen LogP contribution < -0.4 is 4.90 Å². The van der Waals surface area contributed by atoms with Gasteiger partial charge in [-0.1, -0.05) is 6.07 Å². The van der Waals surface area contributed by atoms with Gasteiger partial charge in [-0.3, -0.25) is 9.88 Å². The second-order valence-electron chi connectivity index (χ2n) is 7.29. The average molecular weight is 337 g/mol. The molecule has 0 saturated carbocycles. The fourth-order valence-electron chi connectivity index (χ4n) is 4.15. The highest BCUT2D eigenvalue weighted by Crippen LogP contribution is 2.32. The van der Waals surface area contributed by atoms with Crippen molar-refractivity contribution in [3.05, 3.63) is 47.7 Å². The molecule has 0 bridgehead atoms. The first kappa shape index (κ1) is 16.5. The molecule has 5 heteroatoms. The highest BCUT2D eigenvalue weighted by atomic mass is 15.2. The lowest BCUT2D eigenvalue weighted by molar-refractivity contribution is 0.206. The SMILES string of the molecule is CN(Cc1cc(N2CCCCC2)ncn1)C1CCCc2cccnc21. The van der Waals surface area contributed by atoms with Gasteiger partial charge in [-0.05, 0) is 57.2 Å². The maximum atomic E-state index is 4.67. The number of pyridine rings is 1. The van der Waals surface area contributed by atoms with Crippen molar-refractivity contribution in [1.29, 1.82) is 0 Å². The van der Waals surface area contributed by atoms with Crippen molar-refractivity contribution in [3.8, 4) is 0 Å². The van der Waals surface area contributed by atoms with Gasteiger partial charge in [0.05, 0.1) is 17.4 Å². The topological polar surface area (TPSA) is 45.2 Å². The molecule has 1 saturated heterocycles. The summed E-state index contributed by atoms with van der Waals surface area (Å²) in [6.45, 7) is 3.07. The summed E-state index contributed by atoms with van der Waals surface area (Å²) in [5.41, 5.74) is 3.75. The molecule has 0 spiro atoms. The maximum Gasteiger partial charge on any atom is 0.132 e. The van der Waals surface area contributed by atoms with Gasteiger partial charge in [-0.2, -0.15) is 0 Å². The fourth-order valence-corrected chi connectivity index (χ4v) is 4.15. The fraction of sp³-hybridized carbons (Fsp3) is 0.550. The van der Waals surface area contributed by atoms with Crippen molar-refractivity contribution in [2.75, 3.05) is 25.0 Å². The minimum atomic E-state index is 0.387. The number of piperidine rings is 1.